The molecule has 1 amide bonds. The Morgan fingerprint density at radius 3 is 2.35 bits per heavy atom. The Morgan fingerprint density at radius 1 is 0.735 bits per heavy atom. The lowest BCUT2D eigenvalue weighted by molar-refractivity contribution is 0.102. The van der Waals surface area contributed by atoms with Crippen LogP contribution >= 0.6 is 0 Å². The van der Waals surface area contributed by atoms with Crippen molar-refractivity contribution in [1.29, 1.82) is 0 Å². The van der Waals surface area contributed by atoms with Crippen LogP contribution in [-0.2, 0) is 0 Å². The summed E-state index contributed by atoms with van der Waals surface area (Å²) in [4.78, 5) is 16.8. The molecule has 3 aromatic carbocycles. The molecule has 0 atom stereocenters. The second-order valence-corrected chi connectivity index (χ2v) is 7.84. The van der Waals surface area contributed by atoms with Crippen LogP contribution in [0, 0.1) is 0 Å². The van der Waals surface area contributed by atoms with Gasteiger partial charge in [-0.25, -0.2) is 0 Å². The average molecular weight is 442 g/mol. The van der Waals surface area contributed by atoms with E-state index in [4.69, 9.17) is 5.10 Å². The molecule has 1 N–H and O–H groups in total. The molecule has 7 nitrogen and oxygen atoms in total. The van der Waals surface area contributed by atoms with Crippen molar-refractivity contribution < 1.29 is 4.79 Å². The van der Waals surface area contributed by atoms with E-state index < -0.39 is 0 Å². The standard InChI is InChI=1S/C27H18N6O/c34-27(22-6-5-18-3-1-2-4-21(18)17-22)29-23-9-7-19(8-10-23)24-11-12-25-30-31-26(33(25)32-24)20-13-15-28-16-14-20/h1-17H,(H,29,34). The smallest absolute Gasteiger partial charge is 0.255 e. The number of pyridine rings is 1. The van der Waals surface area contributed by atoms with Crippen LogP contribution in [0.3, 0.4) is 0 Å². The third-order valence-electron chi connectivity index (χ3n) is 5.65. The summed E-state index contributed by atoms with van der Waals surface area (Å²) >= 11 is 0. The third-order valence-corrected chi connectivity index (χ3v) is 5.65. The lowest BCUT2D eigenvalue weighted by atomic mass is 10.1. The van der Waals surface area contributed by atoms with Gasteiger partial charge < -0.3 is 5.32 Å². The van der Waals surface area contributed by atoms with Gasteiger partial charge in [-0.2, -0.15) is 9.61 Å². The Morgan fingerprint density at radius 2 is 1.53 bits per heavy atom. The Labute approximate surface area is 194 Å². The molecule has 3 heterocycles. The van der Waals surface area contributed by atoms with Gasteiger partial charge in [-0.05, 0) is 59.3 Å². The highest BCUT2D eigenvalue weighted by Gasteiger charge is 2.11. The van der Waals surface area contributed by atoms with E-state index in [1.165, 1.54) is 0 Å². The molecule has 0 saturated carbocycles. The van der Waals surface area contributed by atoms with Gasteiger partial charge in [0.15, 0.2) is 11.5 Å². The minimum absolute atomic E-state index is 0.149. The van der Waals surface area contributed by atoms with Gasteiger partial charge in [-0.15, -0.1) is 10.2 Å². The van der Waals surface area contributed by atoms with Crippen molar-refractivity contribution in [2.24, 2.45) is 0 Å². The number of rotatable bonds is 4. The number of benzene rings is 3. The molecule has 7 heteroatoms. The number of carbonyl (C=O) groups is 1. The molecule has 0 radical (unpaired) electrons. The summed E-state index contributed by atoms with van der Waals surface area (Å²) in [5.74, 6) is 0.503. The molecule has 0 fully saturated rings. The van der Waals surface area contributed by atoms with Crippen LogP contribution in [0.4, 0.5) is 5.69 Å². The highest BCUT2D eigenvalue weighted by atomic mass is 16.1. The molecule has 0 aliphatic rings. The largest absolute Gasteiger partial charge is 0.322 e. The maximum Gasteiger partial charge on any atom is 0.255 e. The predicted molar refractivity (Wildman–Crippen MR) is 131 cm³/mol. The fourth-order valence-electron chi connectivity index (χ4n) is 3.88. The average Bonchev–Trinajstić information content (AvgIpc) is 3.33. The topological polar surface area (TPSA) is 85.1 Å². The Kier molecular flexibility index (Phi) is 4.77. The van der Waals surface area contributed by atoms with E-state index in [2.05, 4.69) is 20.5 Å². The predicted octanol–water partition coefficient (Wildman–Crippen LogP) is 5.26. The summed E-state index contributed by atoms with van der Waals surface area (Å²) in [6.07, 6.45) is 3.43. The summed E-state index contributed by atoms with van der Waals surface area (Å²) in [6, 6.07) is 28.8. The molecule has 0 aliphatic carbocycles. The van der Waals surface area contributed by atoms with Crippen LogP contribution in [0.15, 0.2) is 103 Å². The number of anilines is 1. The van der Waals surface area contributed by atoms with Crippen molar-refractivity contribution in [3.63, 3.8) is 0 Å². The fraction of sp³-hybridized carbons (Fsp3) is 0. The first-order valence-corrected chi connectivity index (χ1v) is 10.8. The van der Waals surface area contributed by atoms with E-state index in [1.54, 1.807) is 16.9 Å². The Balaban J connectivity index is 1.25. The van der Waals surface area contributed by atoms with Gasteiger partial charge in [0.25, 0.3) is 5.91 Å². The minimum atomic E-state index is -0.149. The van der Waals surface area contributed by atoms with Gasteiger partial charge in [0.1, 0.15) is 0 Å². The highest BCUT2D eigenvalue weighted by molar-refractivity contribution is 6.06. The molecule has 0 unspecified atom stereocenters. The van der Waals surface area contributed by atoms with Crippen LogP contribution in [0.1, 0.15) is 10.4 Å². The number of carbonyl (C=O) groups excluding carboxylic acids is 1. The number of nitrogens with one attached hydrogen (secondary N) is 1. The number of hydrogen-bond donors (Lipinski definition) is 1. The van der Waals surface area contributed by atoms with Crippen molar-refractivity contribution >= 4 is 28.0 Å². The van der Waals surface area contributed by atoms with Gasteiger partial charge in [0.2, 0.25) is 0 Å². The van der Waals surface area contributed by atoms with Crippen LogP contribution in [0.25, 0.3) is 39.1 Å². The maximum atomic E-state index is 12.8. The van der Waals surface area contributed by atoms with Gasteiger partial charge in [0, 0.05) is 34.8 Å². The number of hydrogen-bond acceptors (Lipinski definition) is 5. The van der Waals surface area contributed by atoms with Crippen LogP contribution in [0.5, 0.6) is 0 Å². The first-order chi connectivity index (χ1) is 16.7. The molecule has 0 aliphatic heterocycles. The van der Waals surface area contributed by atoms with E-state index in [-0.39, 0.29) is 5.91 Å². The van der Waals surface area contributed by atoms with Crippen LogP contribution in [-0.4, -0.2) is 30.7 Å². The summed E-state index contributed by atoms with van der Waals surface area (Å²) < 4.78 is 1.72. The normalized spacial score (nSPS) is 11.1. The molecular weight excluding hydrogens is 424 g/mol. The first-order valence-electron chi connectivity index (χ1n) is 10.8. The summed E-state index contributed by atoms with van der Waals surface area (Å²) in [5.41, 5.74) is 4.57. The zero-order valence-electron chi connectivity index (χ0n) is 18.0. The van der Waals surface area contributed by atoms with Crippen LogP contribution in [0.2, 0.25) is 0 Å². The second kappa shape index (κ2) is 8.22. The maximum absolute atomic E-state index is 12.8. The molecule has 6 aromatic rings. The molecule has 0 bridgehead atoms. The van der Waals surface area contributed by atoms with E-state index in [1.807, 2.05) is 91.0 Å². The van der Waals surface area contributed by atoms with Crippen molar-refractivity contribution in [3.05, 3.63) is 109 Å². The van der Waals surface area contributed by atoms with E-state index >= 15 is 0 Å². The van der Waals surface area contributed by atoms with Gasteiger partial charge in [-0.3, -0.25) is 9.78 Å². The number of amides is 1. The summed E-state index contributed by atoms with van der Waals surface area (Å²) in [7, 11) is 0. The second-order valence-electron chi connectivity index (χ2n) is 7.84. The lowest BCUT2D eigenvalue weighted by Crippen LogP contribution is -2.11. The summed E-state index contributed by atoms with van der Waals surface area (Å²) in [5, 5.41) is 18.3. The molecule has 0 spiro atoms. The lowest BCUT2D eigenvalue weighted by Gasteiger charge is -2.08. The number of fused-ring (bicyclic) bond motifs is 2. The molecule has 34 heavy (non-hydrogen) atoms. The van der Waals surface area contributed by atoms with Crippen LogP contribution < -0.4 is 5.32 Å². The molecule has 0 saturated heterocycles. The zero-order chi connectivity index (χ0) is 22.9. The third kappa shape index (κ3) is 3.65. The molecule has 162 valence electrons. The highest BCUT2D eigenvalue weighted by Crippen LogP contribution is 2.23. The first kappa shape index (κ1) is 19.8. The molecule has 3 aromatic heterocycles. The SMILES string of the molecule is O=C(Nc1ccc(-c2ccc3nnc(-c4ccncc4)n3n2)cc1)c1ccc2ccccc2c1. The van der Waals surface area contributed by atoms with Crippen molar-refractivity contribution in [2.45, 2.75) is 0 Å². The van der Waals surface area contributed by atoms with Crippen molar-refractivity contribution in [2.75, 3.05) is 5.32 Å². The minimum Gasteiger partial charge on any atom is -0.322 e. The monoisotopic (exact) mass is 442 g/mol. The molecule has 6 rings (SSSR count). The van der Waals surface area contributed by atoms with Gasteiger partial charge >= 0.3 is 0 Å². The van der Waals surface area contributed by atoms with Gasteiger partial charge in [-0.1, -0.05) is 42.5 Å². The molecular formula is C27H18N6O. The zero-order valence-corrected chi connectivity index (χ0v) is 18.0. The van der Waals surface area contributed by atoms with E-state index in [0.29, 0.717) is 22.7 Å². The van der Waals surface area contributed by atoms with Crippen molar-refractivity contribution in [3.8, 4) is 22.6 Å². The fourth-order valence-corrected chi connectivity index (χ4v) is 3.88. The number of aromatic nitrogens is 5. The number of nitrogens with zero attached hydrogens (tertiary/aromatic N) is 5. The Bertz CT molecular complexity index is 1640. The quantitative estimate of drug-likeness (QED) is 0.403. The van der Waals surface area contributed by atoms with Crippen molar-refractivity contribution in [1.82, 2.24) is 24.8 Å². The summed E-state index contributed by atoms with van der Waals surface area (Å²) in [6.45, 7) is 0. The Hall–Kier alpha value is -4.91. The van der Waals surface area contributed by atoms with E-state index in [9.17, 15) is 4.79 Å². The van der Waals surface area contributed by atoms with E-state index in [0.717, 1.165) is 27.6 Å². The van der Waals surface area contributed by atoms with Gasteiger partial charge in [0.05, 0.1) is 5.69 Å².